The third kappa shape index (κ3) is 4.96. The van der Waals surface area contributed by atoms with Crippen molar-refractivity contribution in [2.24, 2.45) is 0 Å². The van der Waals surface area contributed by atoms with Crippen LogP contribution in [0.1, 0.15) is 12.8 Å². The van der Waals surface area contributed by atoms with Crippen LogP contribution in [0.25, 0.3) is 0 Å². The van der Waals surface area contributed by atoms with E-state index in [9.17, 15) is 9.59 Å². The van der Waals surface area contributed by atoms with Crippen molar-refractivity contribution >= 4 is 23.6 Å². The number of amides is 1. The van der Waals surface area contributed by atoms with E-state index in [1.807, 2.05) is 21.6 Å². The molecule has 0 bridgehead atoms. The van der Waals surface area contributed by atoms with E-state index < -0.39 is 5.97 Å². The standard InChI is InChI=1S/C13H23N3O3S/c17-12(8-11-10-20-7-2-14-11)16-4-1-3-15(5-6-16)9-13(18)19/h11,14H,1-10H2,(H,18,19). The minimum absolute atomic E-state index is 0.0723. The molecule has 0 radical (unpaired) electrons. The highest BCUT2D eigenvalue weighted by Gasteiger charge is 2.23. The highest BCUT2D eigenvalue weighted by atomic mass is 32.2. The zero-order valence-corrected chi connectivity index (χ0v) is 12.5. The van der Waals surface area contributed by atoms with Gasteiger partial charge in [0, 0.05) is 56.7 Å². The fourth-order valence-corrected chi connectivity index (χ4v) is 3.61. The molecule has 2 saturated heterocycles. The normalized spacial score (nSPS) is 25.2. The van der Waals surface area contributed by atoms with Crippen LogP contribution in [0.2, 0.25) is 0 Å². The van der Waals surface area contributed by atoms with E-state index in [0.717, 1.165) is 37.6 Å². The van der Waals surface area contributed by atoms with Gasteiger partial charge in [0.15, 0.2) is 0 Å². The number of carboxylic acids is 1. The molecule has 0 aliphatic carbocycles. The number of nitrogens with one attached hydrogen (secondary N) is 1. The summed E-state index contributed by atoms with van der Waals surface area (Å²) in [5.74, 6) is 1.53. The molecule has 2 N–H and O–H groups in total. The lowest BCUT2D eigenvalue weighted by Gasteiger charge is -2.26. The van der Waals surface area contributed by atoms with Crippen LogP contribution in [-0.4, -0.2) is 83.6 Å². The SMILES string of the molecule is O=C(O)CN1CCCN(C(=O)CC2CSCCN2)CC1. The van der Waals surface area contributed by atoms with Gasteiger partial charge >= 0.3 is 5.97 Å². The first-order valence-corrected chi connectivity index (χ1v) is 8.33. The Morgan fingerprint density at radius 2 is 2.10 bits per heavy atom. The molecule has 7 heteroatoms. The van der Waals surface area contributed by atoms with Gasteiger partial charge in [-0.3, -0.25) is 14.5 Å². The number of carbonyl (C=O) groups is 2. The maximum Gasteiger partial charge on any atom is 0.317 e. The molecule has 2 aliphatic rings. The van der Waals surface area contributed by atoms with E-state index >= 15 is 0 Å². The molecule has 2 rings (SSSR count). The highest BCUT2D eigenvalue weighted by molar-refractivity contribution is 7.99. The Hall–Kier alpha value is -0.790. The van der Waals surface area contributed by atoms with Crippen LogP contribution in [0.15, 0.2) is 0 Å². The van der Waals surface area contributed by atoms with Gasteiger partial charge in [-0.15, -0.1) is 0 Å². The lowest BCUT2D eigenvalue weighted by Crippen LogP contribution is -2.43. The molecule has 0 aromatic heterocycles. The lowest BCUT2D eigenvalue weighted by molar-refractivity contribution is -0.138. The average Bonchev–Trinajstić information content (AvgIpc) is 2.65. The van der Waals surface area contributed by atoms with Crippen LogP contribution < -0.4 is 5.32 Å². The molecule has 1 amide bonds. The number of rotatable bonds is 4. The van der Waals surface area contributed by atoms with E-state index in [2.05, 4.69) is 5.32 Å². The number of nitrogens with zero attached hydrogens (tertiary/aromatic N) is 2. The summed E-state index contributed by atoms with van der Waals surface area (Å²) in [4.78, 5) is 26.8. The first kappa shape index (κ1) is 15.6. The summed E-state index contributed by atoms with van der Waals surface area (Å²) < 4.78 is 0. The van der Waals surface area contributed by atoms with Crippen LogP contribution in [0, 0.1) is 0 Å². The quantitative estimate of drug-likeness (QED) is 0.743. The molecular weight excluding hydrogens is 278 g/mol. The largest absolute Gasteiger partial charge is 0.480 e. The first-order valence-electron chi connectivity index (χ1n) is 7.18. The predicted molar refractivity (Wildman–Crippen MR) is 79.0 cm³/mol. The number of hydrogen-bond acceptors (Lipinski definition) is 5. The number of carboxylic acid groups (broad SMARTS) is 1. The molecule has 0 aromatic rings. The zero-order valence-electron chi connectivity index (χ0n) is 11.7. The van der Waals surface area contributed by atoms with Gasteiger partial charge < -0.3 is 15.3 Å². The van der Waals surface area contributed by atoms with E-state index in [1.54, 1.807) is 0 Å². The van der Waals surface area contributed by atoms with E-state index in [1.165, 1.54) is 0 Å². The summed E-state index contributed by atoms with van der Waals surface area (Å²) in [6, 6.07) is 0.291. The van der Waals surface area contributed by atoms with Gasteiger partial charge in [-0.1, -0.05) is 0 Å². The zero-order chi connectivity index (χ0) is 14.4. The third-order valence-electron chi connectivity index (χ3n) is 3.72. The van der Waals surface area contributed by atoms with E-state index in [0.29, 0.717) is 25.6 Å². The number of aliphatic carboxylic acids is 1. The summed E-state index contributed by atoms with van der Waals surface area (Å²) in [5, 5.41) is 12.2. The van der Waals surface area contributed by atoms with Crippen molar-refractivity contribution in [3.63, 3.8) is 0 Å². The summed E-state index contributed by atoms with van der Waals surface area (Å²) >= 11 is 1.90. The van der Waals surface area contributed by atoms with Crippen molar-refractivity contribution in [1.29, 1.82) is 0 Å². The molecule has 2 heterocycles. The summed E-state index contributed by atoms with van der Waals surface area (Å²) in [5.41, 5.74) is 0. The van der Waals surface area contributed by atoms with Crippen molar-refractivity contribution in [1.82, 2.24) is 15.1 Å². The molecule has 0 spiro atoms. The smallest absolute Gasteiger partial charge is 0.317 e. The van der Waals surface area contributed by atoms with Crippen LogP contribution >= 0.6 is 11.8 Å². The van der Waals surface area contributed by atoms with Gasteiger partial charge in [-0.05, 0) is 6.42 Å². The monoisotopic (exact) mass is 301 g/mol. The predicted octanol–water partition coefficient (Wildman–Crippen LogP) is -0.300. The Kier molecular flexibility index (Phi) is 6.12. The van der Waals surface area contributed by atoms with E-state index in [4.69, 9.17) is 5.11 Å². The van der Waals surface area contributed by atoms with Gasteiger partial charge in [0.1, 0.15) is 0 Å². The summed E-state index contributed by atoms with van der Waals surface area (Å²) in [6.07, 6.45) is 1.41. The van der Waals surface area contributed by atoms with Crippen LogP contribution in [0.5, 0.6) is 0 Å². The van der Waals surface area contributed by atoms with Crippen LogP contribution in [-0.2, 0) is 9.59 Å². The maximum absolute atomic E-state index is 12.3. The molecule has 0 saturated carbocycles. The Morgan fingerprint density at radius 1 is 1.25 bits per heavy atom. The second-order valence-corrected chi connectivity index (χ2v) is 6.48. The Balaban J connectivity index is 1.77. The minimum Gasteiger partial charge on any atom is -0.480 e. The van der Waals surface area contributed by atoms with Crippen molar-refractivity contribution in [3.05, 3.63) is 0 Å². The van der Waals surface area contributed by atoms with Crippen molar-refractivity contribution < 1.29 is 14.7 Å². The number of carbonyl (C=O) groups excluding carboxylic acids is 1. The molecule has 2 fully saturated rings. The summed E-state index contributed by atoms with van der Waals surface area (Å²) in [6.45, 7) is 3.86. The van der Waals surface area contributed by atoms with E-state index in [-0.39, 0.29) is 12.5 Å². The first-order chi connectivity index (χ1) is 9.65. The fourth-order valence-electron chi connectivity index (χ4n) is 2.66. The summed E-state index contributed by atoms with van der Waals surface area (Å²) in [7, 11) is 0. The molecule has 2 aliphatic heterocycles. The molecule has 114 valence electrons. The fraction of sp³-hybridized carbons (Fsp3) is 0.846. The van der Waals surface area contributed by atoms with Crippen molar-refractivity contribution in [3.8, 4) is 0 Å². The second-order valence-electron chi connectivity index (χ2n) is 5.33. The number of hydrogen-bond donors (Lipinski definition) is 2. The Morgan fingerprint density at radius 3 is 2.80 bits per heavy atom. The second kappa shape index (κ2) is 7.85. The van der Waals surface area contributed by atoms with Crippen molar-refractivity contribution in [2.45, 2.75) is 18.9 Å². The lowest BCUT2D eigenvalue weighted by atomic mass is 10.2. The van der Waals surface area contributed by atoms with Gasteiger partial charge in [-0.2, -0.15) is 11.8 Å². The molecule has 6 nitrogen and oxygen atoms in total. The van der Waals surface area contributed by atoms with Gasteiger partial charge in [0.05, 0.1) is 6.54 Å². The molecule has 1 unspecified atom stereocenters. The molecule has 0 aromatic carbocycles. The Bertz CT molecular complexity index is 348. The molecule has 1 atom stereocenters. The average molecular weight is 301 g/mol. The Labute approximate surface area is 123 Å². The third-order valence-corrected chi connectivity index (χ3v) is 4.85. The van der Waals surface area contributed by atoms with Gasteiger partial charge in [-0.25, -0.2) is 0 Å². The van der Waals surface area contributed by atoms with Crippen molar-refractivity contribution in [2.75, 3.05) is 50.8 Å². The topological polar surface area (TPSA) is 72.9 Å². The van der Waals surface area contributed by atoms with Gasteiger partial charge in [0.25, 0.3) is 0 Å². The maximum atomic E-state index is 12.3. The number of thioether (sulfide) groups is 1. The van der Waals surface area contributed by atoms with Gasteiger partial charge in [0.2, 0.25) is 5.91 Å². The van der Waals surface area contributed by atoms with Crippen LogP contribution in [0.3, 0.4) is 0 Å². The minimum atomic E-state index is -0.798. The molecule has 20 heavy (non-hydrogen) atoms. The highest BCUT2D eigenvalue weighted by Crippen LogP contribution is 2.12. The molecular formula is C13H23N3O3S. The van der Waals surface area contributed by atoms with Crippen LogP contribution in [0.4, 0.5) is 0 Å².